The van der Waals surface area contributed by atoms with Crippen molar-refractivity contribution in [3.63, 3.8) is 0 Å². The van der Waals surface area contributed by atoms with Crippen LogP contribution in [0.5, 0.6) is 0 Å². The van der Waals surface area contributed by atoms with E-state index in [2.05, 4.69) is 9.97 Å². The fourth-order valence-electron chi connectivity index (χ4n) is 1.42. The van der Waals surface area contributed by atoms with E-state index in [4.69, 9.17) is 5.11 Å². The monoisotopic (exact) mass is 219 g/mol. The topological polar surface area (TPSA) is 67.5 Å². The Morgan fingerprint density at radius 1 is 1.31 bits per heavy atom. The minimum Gasteiger partial charge on any atom is -0.477 e. The molecular weight excluding hydrogens is 206 g/mol. The molecule has 1 N–H and O–H groups in total. The van der Waals surface area contributed by atoms with Gasteiger partial charge in [0.15, 0.2) is 5.69 Å². The molecule has 16 heavy (non-hydrogen) atoms. The zero-order chi connectivity index (χ0) is 11.9. The summed E-state index contributed by atoms with van der Waals surface area (Å²) in [5, 5.41) is 8.98. The molecule has 2 aromatic rings. The van der Waals surface area contributed by atoms with Crippen LogP contribution in [0.4, 0.5) is 0 Å². The van der Waals surface area contributed by atoms with E-state index < -0.39 is 5.97 Å². The Hall–Kier alpha value is -1.91. The molecule has 0 aromatic carbocycles. The Labute approximate surface area is 92.8 Å². The molecule has 0 atom stereocenters. The molecule has 2 heterocycles. The summed E-state index contributed by atoms with van der Waals surface area (Å²) in [4.78, 5) is 19.0. The third-order valence-corrected chi connectivity index (χ3v) is 2.45. The summed E-state index contributed by atoms with van der Waals surface area (Å²) in [6.45, 7) is 6.15. The first-order valence-electron chi connectivity index (χ1n) is 4.96. The molecule has 5 nitrogen and oxygen atoms in total. The molecule has 0 amide bonds. The molecule has 0 radical (unpaired) electrons. The van der Waals surface area contributed by atoms with E-state index in [9.17, 15) is 4.79 Å². The van der Waals surface area contributed by atoms with Gasteiger partial charge in [-0.1, -0.05) is 20.8 Å². The van der Waals surface area contributed by atoms with Gasteiger partial charge in [0, 0.05) is 12.4 Å². The van der Waals surface area contributed by atoms with Crippen LogP contribution in [0.15, 0.2) is 18.6 Å². The van der Waals surface area contributed by atoms with Crippen LogP contribution >= 0.6 is 0 Å². The number of nitrogens with zero attached hydrogens (tertiary/aromatic N) is 3. The molecule has 0 fully saturated rings. The predicted octanol–water partition coefficient (Wildman–Crippen LogP) is 1.72. The number of aromatic carboxylic acids is 1. The maximum absolute atomic E-state index is 10.9. The van der Waals surface area contributed by atoms with Gasteiger partial charge >= 0.3 is 5.97 Å². The number of carboxylic acids is 1. The summed E-state index contributed by atoms with van der Waals surface area (Å²) in [5.41, 5.74) is 1.04. The lowest BCUT2D eigenvalue weighted by molar-refractivity contribution is 0.0689. The second kappa shape index (κ2) is 3.30. The van der Waals surface area contributed by atoms with Crippen molar-refractivity contribution in [2.24, 2.45) is 0 Å². The van der Waals surface area contributed by atoms with Crippen molar-refractivity contribution < 1.29 is 9.90 Å². The van der Waals surface area contributed by atoms with Gasteiger partial charge < -0.3 is 5.11 Å². The fourth-order valence-corrected chi connectivity index (χ4v) is 1.42. The van der Waals surface area contributed by atoms with Gasteiger partial charge in [-0.2, -0.15) is 0 Å². The molecule has 2 aromatic heterocycles. The van der Waals surface area contributed by atoms with E-state index in [1.807, 2.05) is 20.8 Å². The zero-order valence-electron chi connectivity index (χ0n) is 9.43. The van der Waals surface area contributed by atoms with Crippen LogP contribution < -0.4 is 0 Å². The van der Waals surface area contributed by atoms with Crippen molar-refractivity contribution in [2.75, 3.05) is 0 Å². The lowest BCUT2D eigenvalue weighted by atomic mass is 9.89. The number of hydrogen-bond donors (Lipinski definition) is 1. The first-order chi connectivity index (χ1) is 7.39. The van der Waals surface area contributed by atoms with Crippen LogP contribution in [0.2, 0.25) is 0 Å². The normalized spacial score (nSPS) is 11.9. The van der Waals surface area contributed by atoms with Crippen LogP contribution in [-0.4, -0.2) is 25.4 Å². The number of carboxylic acid groups (broad SMARTS) is 1. The SMILES string of the molecule is CC(C)(C)c1cnc2ncc(C(=O)O)n2c1. The minimum atomic E-state index is -1.000. The average Bonchev–Trinajstić information content (AvgIpc) is 2.58. The highest BCUT2D eigenvalue weighted by atomic mass is 16.4. The van der Waals surface area contributed by atoms with E-state index in [0.29, 0.717) is 5.78 Å². The Bertz CT molecular complexity index is 552. The maximum atomic E-state index is 10.9. The van der Waals surface area contributed by atoms with E-state index in [1.54, 1.807) is 12.4 Å². The fraction of sp³-hybridized carbons (Fsp3) is 0.364. The van der Waals surface area contributed by atoms with Gasteiger partial charge in [0.2, 0.25) is 5.78 Å². The van der Waals surface area contributed by atoms with Crippen LogP contribution in [0.1, 0.15) is 36.8 Å². The van der Waals surface area contributed by atoms with Crippen LogP contribution in [0.3, 0.4) is 0 Å². The predicted molar refractivity (Wildman–Crippen MR) is 58.6 cm³/mol. The number of imidazole rings is 1. The molecule has 0 unspecified atom stereocenters. The van der Waals surface area contributed by atoms with Crippen LogP contribution in [-0.2, 0) is 5.41 Å². The van der Waals surface area contributed by atoms with Gasteiger partial charge in [-0.25, -0.2) is 14.8 Å². The summed E-state index contributed by atoms with van der Waals surface area (Å²) in [5.74, 6) is -0.592. The summed E-state index contributed by atoms with van der Waals surface area (Å²) < 4.78 is 1.50. The number of rotatable bonds is 1. The molecular formula is C11H13N3O2. The van der Waals surface area contributed by atoms with Crippen molar-refractivity contribution >= 4 is 11.7 Å². The average molecular weight is 219 g/mol. The molecule has 0 saturated carbocycles. The number of fused-ring (bicyclic) bond motifs is 1. The van der Waals surface area contributed by atoms with Crippen molar-refractivity contribution in [3.05, 3.63) is 29.8 Å². The molecule has 0 aliphatic carbocycles. The van der Waals surface area contributed by atoms with Crippen LogP contribution in [0.25, 0.3) is 5.78 Å². The number of aromatic nitrogens is 3. The Morgan fingerprint density at radius 2 is 1.94 bits per heavy atom. The van der Waals surface area contributed by atoms with Crippen LogP contribution in [0, 0.1) is 0 Å². The highest BCUT2D eigenvalue weighted by Gasteiger charge is 2.17. The van der Waals surface area contributed by atoms with Crippen molar-refractivity contribution in [2.45, 2.75) is 26.2 Å². The van der Waals surface area contributed by atoms with Gasteiger partial charge in [0.05, 0.1) is 6.20 Å². The molecule has 84 valence electrons. The number of carbonyl (C=O) groups is 1. The molecule has 0 aliphatic heterocycles. The first kappa shape index (κ1) is 10.6. The van der Waals surface area contributed by atoms with E-state index in [0.717, 1.165) is 5.56 Å². The molecule has 0 spiro atoms. The van der Waals surface area contributed by atoms with Gasteiger partial charge in [0.25, 0.3) is 0 Å². The van der Waals surface area contributed by atoms with Crippen molar-refractivity contribution in [1.82, 2.24) is 14.4 Å². The smallest absolute Gasteiger partial charge is 0.354 e. The Balaban J connectivity index is 2.68. The lowest BCUT2D eigenvalue weighted by Gasteiger charge is -2.18. The van der Waals surface area contributed by atoms with E-state index >= 15 is 0 Å². The summed E-state index contributed by atoms with van der Waals surface area (Å²) in [6.07, 6.45) is 4.82. The van der Waals surface area contributed by atoms with E-state index in [-0.39, 0.29) is 11.1 Å². The second-order valence-corrected chi connectivity index (χ2v) is 4.71. The summed E-state index contributed by atoms with van der Waals surface area (Å²) in [7, 11) is 0. The Morgan fingerprint density at radius 3 is 2.50 bits per heavy atom. The van der Waals surface area contributed by atoms with Crippen molar-refractivity contribution in [1.29, 1.82) is 0 Å². The van der Waals surface area contributed by atoms with Gasteiger partial charge in [0.1, 0.15) is 0 Å². The molecule has 5 heteroatoms. The van der Waals surface area contributed by atoms with Crippen molar-refractivity contribution in [3.8, 4) is 0 Å². The molecule has 0 bridgehead atoms. The van der Waals surface area contributed by atoms with Gasteiger partial charge in [-0.05, 0) is 11.0 Å². The first-order valence-corrected chi connectivity index (χ1v) is 4.96. The quantitative estimate of drug-likeness (QED) is 0.793. The highest BCUT2D eigenvalue weighted by Crippen LogP contribution is 2.21. The van der Waals surface area contributed by atoms with Gasteiger partial charge in [-0.15, -0.1) is 0 Å². The molecule has 2 rings (SSSR count). The lowest BCUT2D eigenvalue weighted by Crippen LogP contribution is -2.13. The van der Waals surface area contributed by atoms with Gasteiger partial charge in [-0.3, -0.25) is 4.40 Å². The maximum Gasteiger partial charge on any atom is 0.354 e. The third kappa shape index (κ3) is 1.64. The third-order valence-electron chi connectivity index (χ3n) is 2.45. The van der Waals surface area contributed by atoms with E-state index in [1.165, 1.54) is 10.6 Å². The largest absolute Gasteiger partial charge is 0.477 e. The minimum absolute atomic E-state index is 0.0682. The number of hydrogen-bond acceptors (Lipinski definition) is 3. The Kier molecular flexibility index (Phi) is 2.18. The second-order valence-electron chi connectivity index (χ2n) is 4.71. The molecule has 0 saturated heterocycles. The summed E-state index contributed by atoms with van der Waals surface area (Å²) >= 11 is 0. The highest BCUT2D eigenvalue weighted by molar-refractivity contribution is 5.86. The molecule has 0 aliphatic rings. The zero-order valence-corrected chi connectivity index (χ0v) is 9.43. The summed E-state index contributed by atoms with van der Waals surface area (Å²) in [6, 6.07) is 0. The standard InChI is InChI=1S/C11H13N3O2/c1-11(2,3)7-4-12-10-13-5-8(9(15)16)14(10)6-7/h4-6H,1-3H3,(H,15,16).